The molecule has 3 nitrogen and oxygen atoms in total. The molecule has 0 bridgehead atoms. The van der Waals surface area contributed by atoms with E-state index in [4.69, 9.17) is 0 Å². The molecule has 0 aromatic rings. The Morgan fingerprint density at radius 3 is 1.86 bits per heavy atom. The quantitative estimate of drug-likeness (QED) is 0.497. The number of likely N-dealkylation sites (N-methyl/N-ethyl adjacent to an activating group) is 1. The van der Waals surface area contributed by atoms with Crippen LogP contribution in [-0.2, 0) is 9.59 Å². The Morgan fingerprint density at radius 1 is 0.893 bits per heavy atom. The number of fused-ring (bicyclic) bond motifs is 1. The molecule has 4 rings (SSSR count). The Kier molecular flexibility index (Phi) is 3.42. The summed E-state index contributed by atoms with van der Waals surface area (Å²) in [5.74, 6) is -15.9. The lowest BCUT2D eigenvalue weighted by molar-refractivity contribution is -0.258. The maximum absolute atomic E-state index is 14.7. The van der Waals surface area contributed by atoms with Crippen molar-refractivity contribution in [1.82, 2.24) is 4.90 Å². The van der Waals surface area contributed by atoms with E-state index in [1.807, 2.05) is 0 Å². The number of halogens is 6. The fraction of sp³-hybridized carbons (Fsp3) is 0.444. The Morgan fingerprint density at radius 2 is 1.39 bits per heavy atom. The Labute approximate surface area is 159 Å². The maximum atomic E-state index is 14.7. The molecule has 0 radical (unpaired) electrons. The predicted molar refractivity (Wildman–Crippen MR) is 89.1 cm³/mol. The summed E-state index contributed by atoms with van der Waals surface area (Å²) in [5, 5.41) is 0. The molecular weight excluding hydrogens is 408 g/mol. The molecule has 150 valence electrons. The van der Waals surface area contributed by atoms with Gasteiger partial charge in [-0.3, -0.25) is 9.59 Å². The number of hydrogen-bond donors (Lipinski definition) is 0. The fourth-order valence-electron chi connectivity index (χ4n) is 4.58. The van der Waals surface area contributed by atoms with Crippen molar-refractivity contribution in [3.05, 3.63) is 45.0 Å². The molecule has 2 aliphatic heterocycles. The predicted octanol–water partition coefficient (Wildman–Crippen LogP) is 4.09. The molecule has 0 unspecified atom stereocenters. The number of rotatable bonds is 2. The summed E-state index contributed by atoms with van der Waals surface area (Å²) in [6.07, 6.45) is 2.61. The molecule has 0 aromatic carbocycles. The molecule has 4 aliphatic rings. The first-order valence-corrected chi connectivity index (χ1v) is 8.96. The summed E-state index contributed by atoms with van der Waals surface area (Å²) in [4.78, 5) is 22.9. The van der Waals surface area contributed by atoms with Gasteiger partial charge in [0.15, 0.2) is 12.6 Å². The van der Waals surface area contributed by atoms with Gasteiger partial charge in [0, 0.05) is 23.1 Å². The van der Waals surface area contributed by atoms with E-state index >= 15 is 0 Å². The highest BCUT2D eigenvalue weighted by Crippen LogP contribution is 2.74. The average Bonchev–Trinajstić information content (AvgIpc) is 2.93. The third-order valence-corrected chi connectivity index (χ3v) is 7.90. The monoisotopic (exact) mass is 421 g/mol. The molecule has 0 spiro atoms. The number of aldehydes is 2. The summed E-state index contributed by atoms with van der Waals surface area (Å²) in [5.41, 5.74) is -5.52. The van der Waals surface area contributed by atoms with Crippen LogP contribution in [0.2, 0.25) is 0 Å². The van der Waals surface area contributed by atoms with E-state index in [0.29, 0.717) is 12.6 Å². The molecular formula is C18H13F6NO2S. The molecule has 0 aromatic heterocycles. The average molecular weight is 421 g/mol. The second kappa shape index (κ2) is 4.95. The van der Waals surface area contributed by atoms with Crippen molar-refractivity contribution in [1.29, 1.82) is 0 Å². The van der Waals surface area contributed by atoms with Gasteiger partial charge < -0.3 is 4.90 Å². The van der Waals surface area contributed by atoms with Gasteiger partial charge in [0.05, 0.1) is 11.1 Å². The lowest BCUT2D eigenvalue weighted by atomic mass is 9.68. The molecule has 28 heavy (non-hydrogen) atoms. The van der Waals surface area contributed by atoms with Crippen LogP contribution in [0.25, 0.3) is 0 Å². The van der Waals surface area contributed by atoms with Crippen LogP contribution >= 0.6 is 11.8 Å². The van der Waals surface area contributed by atoms with Gasteiger partial charge in [-0.2, -0.15) is 26.3 Å². The van der Waals surface area contributed by atoms with Gasteiger partial charge in [-0.1, -0.05) is 11.8 Å². The van der Waals surface area contributed by atoms with Crippen molar-refractivity contribution in [3.63, 3.8) is 0 Å². The Balaban J connectivity index is 2.23. The number of carbonyl (C=O) groups is 2. The maximum Gasteiger partial charge on any atom is 0.380 e. The number of alkyl halides is 6. The van der Waals surface area contributed by atoms with Crippen LogP contribution in [0.4, 0.5) is 26.3 Å². The Bertz CT molecular complexity index is 979. The second-order valence-corrected chi connectivity index (χ2v) is 8.89. The zero-order valence-corrected chi connectivity index (χ0v) is 15.6. The standard InChI is InChI=1S/C18H13F6NO2S/c1-14-10-4-8(6-26)25(3)15(14,2)28-9(7-27)5-11(14)13-12(10)16(19,20)18(23,24)17(13,21)22/h4-7H,1-3H3/t14-,15-/m1/s1. The van der Waals surface area contributed by atoms with E-state index in [1.165, 1.54) is 25.8 Å². The van der Waals surface area contributed by atoms with Gasteiger partial charge in [0.2, 0.25) is 0 Å². The van der Waals surface area contributed by atoms with Crippen molar-refractivity contribution in [3.8, 4) is 0 Å². The number of carbonyl (C=O) groups excluding carboxylic acids is 2. The van der Waals surface area contributed by atoms with Crippen molar-refractivity contribution in [2.24, 2.45) is 5.41 Å². The molecule has 0 N–H and O–H groups in total. The van der Waals surface area contributed by atoms with Crippen LogP contribution in [0.1, 0.15) is 13.8 Å². The fourth-order valence-corrected chi connectivity index (χ4v) is 5.93. The van der Waals surface area contributed by atoms with E-state index in [-0.39, 0.29) is 10.6 Å². The van der Waals surface area contributed by atoms with E-state index in [0.717, 1.165) is 23.9 Å². The minimum Gasteiger partial charge on any atom is -0.356 e. The topological polar surface area (TPSA) is 37.4 Å². The molecule has 2 aliphatic carbocycles. The lowest BCUT2D eigenvalue weighted by Crippen LogP contribution is -2.58. The molecule has 1 saturated carbocycles. The van der Waals surface area contributed by atoms with E-state index in [1.54, 1.807) is 0 Å². The highest BCUT2D eigenvalue weighted by molar-refractivity contribution is 8.05. The summed E-state index contributed by atoms with van der Waals surface area (Å²) in [6, 6.07) is 0. The van der Waals surface area contributed by atoms with Gasteiger partial charge >= 0.3 is 17.8 Å². The normalized spacial score (nSPS) is 36.7. The summed E-state index contributed by atoms with van der Waals surface area (Å²) in [7, 11) is 1.45. The van der Waals surface area contributed by atoms with Gasteiger partial charge in [-0.05, 0) is 37.1 Å². The van der Waals surface area contributed by atoms with Gasteiger partial charge in [-0.15, -0.1) is 0 Å². The van der Waals surface area contributed by atoms with Crippen molar-refractivity contribution in [2.45, 2.75) is 36.5 Å². The molecule has 0 amide bonds. The van der Waals surface area contributed by atoms with E-state index in [9.17, 15) is 35.9 Å². The van der Waals surface area contributed by atoms with E-state index < -0.39 is 50.3 Å². The molecule has 0 saturated heterocycles. The molecule has 2 heterocycles. The minimum atomic E-state index is -5.64. The smallest absolute Gasteiger partial charge is 0.356 e. The zero-order valence-electron chi connectivity index (χ0n) is 14.7. The largest absolute Gasteiger partial charge is 0.380 e. The van der Waals surface area contributed by atoms with Crippen LogP contribution < -0.4 is 0 Å². The number of thioether (sulfide) groups is 1. The number of nitrogens with zero attached hydrogens (tertiary/aromatic N) is 1. The minimum absolute atomic E-state index is 0.0867. The van der Waals surface area contributed by atoms with E-state index in [2.05, 4.69) is 0 Å². The highest BCUT2D eigenvalue weighted by Gasteiger charge is 2.84. The van der Waals surface area contributed by atoms with Crippen LogP contribution in [0.15, 0.2) is 45.0 Å². The van der Waals surface area contributed by atoms with Crippen LogP contribution in [-0.4, -0.2) is 47.2 Å². The van der Waals surface area contributed by atoms with Crippen molar-refractivity contribution < 1.29 is 35.9 Å². The first kappa shape index (κ1) is 19.4. The first-order chi connectivity index (χ1) is 12.7. The molecule has 10 heteroatoms. The first-order valence-electron chi connectivity index (χ1n) is 8.14. The summed E-state index contributed by atoms with van der Waals surface area (Å²) < 4.78 is 86.8. The lowest BCUT2D eigenvalue weighted by Gasteiger charge is -2.56. The highest BCUT2D eigenvalue weighted by atomic mass is 32.2. The van der Waals surface area contributed by atoms with Crippen LogP contribution in [0.5, 0.6) is 0 Å². The third kappa shape index (κ3) is 1.64. The van der Waals surface area contributed by atoms with Crippen LogP contribution in [0.3, 0.4) is 0 Å². The molecule has 1 fully saturated rings. The van der Waals surface area contributed by atoms with Crippen molar-refractivity contribution in [2.75, 3.05) is 7.05 Å². The zero-order chi connectivity index (χ0) is 21.1. The summed E-state index contributed by atoms with van der Waals surface area (Å²) >= 11 is 0.904. The van der Waals surface area contributed by atoms with Gasteiger partial charge in [-0.25, -0.2) is 0 Å². The van der Waals surface area contributed by atoms with Gasteiger partial charge in [0.1, 0.15) is 4.87 Å². The molecule has 2 atom stereocenters. The van der Waals surface area contributed by atoms with Crippen molar-refractivity contribution >= 4 is 24.3 Å². The third-order valence-electron chi connectivity index (χ3n) is 6.37. The SMILES string of the molecule is CN1C(C=O)=CC2=C3C(=C4C=C(C=O)S[C@]1(C)[C@@]42C)C(F)(F)C(F)(F)C3(F)F. The van der Waals surface area contributed by atoms with Crippen LogP contribution in [0, 0.1) is 5.41 Å². The number of hydrogen-bond acceptors (Lipinski definition) is 4. The second-order valence-electron chi connectivity index (χ2n) is 7.42. The summed E-state index contributed by atoms with van der Waals surface area (Å²) in [6.45, 7) is 2.89. The Hall–Kier alpha value is -1.97. The van der Waals surface area contributed by atoms with Gasteiger partial charge in [0.25, 0.3) is 0 Å². The number of allylic oxidation sites excluding steroid dienone is 6.